The number of fused-ring (bicyclic) bond motifs is 1. The zero-order valence-corrected chi connectivity index (χ0v) is 15.4. The molecule has 1 unspecified atom stereocenters. The highest BCUT2D eigenvalue weighted by molar-refractivity contribution is 5.95. The van der Waals surface area contributed by atoms with E-state index in [9.17, 15) is 9.59 Å². The third kappa shape index (κ3) is 4.13. The lowest BCUT2D eigenvalue weighted by molar-refractivity contribution is 0.0600. The van der Waals surface area contributed by atoms with Crippen molar-refractivity contribution in [2.75, 3.05) is 27.9 Å². The highest BCUT2D eigenvalue weighted by Crippen LogP contribution is 2.29. The number of rotatable bonds is 6. The minimum absolute atomic E-state index is 0.204. The van der Waals surface area contributed by atoms with Crippen LogP contribution in [0.1, 0.15) is 26.3 Å². The second-order valence-corrected chi connectivity index (χ2v) is 6.07. The smallest absolute Gasteiger partial charge is 0.337 e. The Hall–Kier alpha value is -3.22. The van der Waals surface area contributed by atoms with Gasteiger partial charge in [-0.2, -0.15) is 0 Å². The maximum absolute atomic E-state index is 12.5. The number of carbonyl (C=O) groups excluding carboxylic acids is 2. The van der Waals surface area contributed by atoms with Crippen LogP contribution in [0.25, 0.3) is 0 Å². The Labute approximate surface area is 157 Å². The molecule has 1 atom stereocenters. The zero-order chi connectivity index (χ0) is 19.4. The number of nitrogens with one attached hydrogen (secondary N) is 1. The highest BCUT2D eigenvalue weighted by atomic mass is 16.5. The van der Waals surface area contributed by atoms with Crippen molar-refractivity contribution in [3.63, 3.8) is 0 Å². The number of benzene rings is 2. The van der Waals surface area contributed by atoms with E-state index in [1.54, 1.807) is 36.4 Å². The summed E-state index contributed by atoms with van der Waals surface area (Å²) < 4.78 is 20.9. The van der Waals surface area contributed by atoms with E-state index in [2.05, 4.69) is 5.32 Å². The van der Waals surface area contributed by atoms with E-state index in [4.69, 9.17) is 18.9 Å². The summed E-state index contributed by atoms with van der Waals surface area (Å²) in [5.41, 5.74) is 1.84. The topological polar surface area (TPSA) is 83.1 Å². The van der Waals surface area contributed by atoms with E-state index in [1.807, 2.05) is 0 Å². The van der Waals surface area contributed by atoms with Crippen molar-refractivity contribution in [3.05, 3.63) is 53.1 Å². The normalized spacial score (nSPS) is 14.7. The minimum Gasteiger partial charge on any atom is -0.497 e. The molecule has 27 heavy (non-hydrogen) atoms. The first-order chi connectivity index (χ1) is 13.0. The van der Waals surface area contributed by atoms with Gasteiger partial charge in [0.15, 0.2) is 0 Å². The summed E-state index contributed by atoms with van der Waals surface area (Å²) >= 11 is 0. The summed E-state index contributed by atoms with van der Waals surface area (Å²) in [4.78, 5) is 24.1. The van der Waals surface area contributed by atoms with Crippen LogP contribution >= 0.6 is 0 Å². The molecule has 3 rings (SSSR count). The molecule has 0 radical (unpaired) electrons. The Balaban J connectivity index is 1.62. The molecule has 0 saturated heterocycles. The van der Waals surface area contributed by atoms with E-state index in [-0.39, 0.29) is 18.0 Å². The van der Waals surface area contributed by atoms with Crippen molar-refractivity contribution in [3.8, 4) is 17.2 Å². The van der Waals surface area contributed by atoms with Crippen LogP contribution in [0.5, 0.6) is 17.2 Å². The average molecular weight is 371 g/mol. The molecule has 2 aromatic carbocycles. The molecule has 0 spiro atoms. The van der Waals surface area contributed by atoms with Gasteiger partial charge in [-0.3, -0.25) is 4.79 Å². The highest BCUT2D eigenvalue weighted by Gasteiger charge is 2.25. The van der Waals surface area contributed by atoms with Gasteiger partial charge in [0.25, 0.3) is 5.91 Å². The van der Waals surface area contributed by atoms with E-state index >= 15 is 0 Å². The van der Waals surface area contributed by atoms with Gasteiger partial charge in [-0.05, 0) is 35.9 Å². The second kappa shape index (κ2) is 7.99. The van der Waals surface area contributed by atoms with Crippen LogP contribution in [0.3, 0.4) is 0 Å². The Morgan fingerprint density at radius 3 is 2.37 bits per heavy atom. The molecule has 0 saturated carbocycles. The van der Waals surface area contributed by atoms with Crippen LogP contribution in [-0.2, 0) is 11.2 Å². The Morgan fingerprint density at radius 1 is 1.04 bits per heavy atom. The lowest BCUT2D eigenvalue weighted by Gasteiger charge is -2.13. The summed E-state index contributed by atoms with van der Waals surface area (Å²) in [7, 11) is 4.41. The van der Waals surface area contributed by atoms with Crippen LogP contribution in [-0.4, -0.2) is 45.9 Å². The summed E-state index contributed by atoms with van der Waals surface area (Å²) in [6, 6.07) is 10.2. The van der Waals surface area contributed by atoms with Gasteiger partial charge in [0.05, 0.1) is 33.4 Å². The SMILES string of the molecule is COC(=O)c1ccc2c(c1)CC(CNC(=O)c1cc(OC)cc(OC)c1)O2. The van der Waals surface area contributed by atoms with E-state index < -0.39 is 0 Å². The molecule has 7 nitrogen and oxygen atoms in total. The Bertz CT molecular complexity index is 841. The predicted octanol–water partition coefficient (Wildman–Crippen LogP) is 2.22. The van der Waals surface area contributed by atoms with E-state index in [0.29, 0.717) is 41.3 Å². The van der Waals surface area contributed by atoms with Crippen LogP contribution < -0.4 is 19.5 Å². The van der Waals surface area contributed by atoms with Crippen molar-refractivity contribution >= 4 is 11.9 Å². The molecule has 142 valence electrons. The molecule has 7 heteroatoms. The summed E-state index contributed by atoms with van der Waals surface area (Å²) in [5, 5.41) is 2.86. The van der Waals surface area contributed by atoms with Gasteiger partial charge in [-0.25, -0.2) is 4.79 Å². The summed E-state index contributed by atoms with van der Waals surface area (Å²) in [6.45, 7) is 0.334. The standard InChI is InChI=1S/C20H21NO6/c1-24-15-8-14(9-16(10-15)25-2)19(22)21-11-17-7-13-6-12(20(23)26-3)4-5-18(13)27-17/h4-6,8-10,17H,7,11H2,1-3H3,(H,21,22). The van der Waals surface area contributed by atoms with Crippen molar-refractivity contribution in [1.82, 2.24) is 5.32 Å². The predicted molar refractivity (Wildman–Crippen MR) is 97.8 cm³/mol. The number of methoxy groups -OCH3 is 3. The lowest BCUT2D eigenvalue weighted by atomic mass is 10.1. The van der Waals surface area contributed by atoms with Crippen LogP contribution in [0.15, 0.2) is 36.4 Å². The van der Waals surface area contributed by atoms with Gasteiger partial charge >= 0.3 is 5.97 Å². The molecule has 1 N–H and O–H groups in total. The second-order valence-electron chi connectivity index (χ2n) is 6.07. The average Bonchev–Trinajstić information content (AvgIpc) is 3.12. The van der Waals surface area contributed by atoms with Gasteiger partial charge in [0.2, 0.25) is 0 Å². The van der Waals surface area contributed by atoms with Crippen molar-refractivity contribution in [2.24, 2.45) is 0 Å². The minimum atomic E-state index is -0.387. The molecule has 1 aliphatic heterocycles. The van der Waals surface area contributed by atoms with Gasteiger partial charge in [0.1, 0.15) is 23.4 Å². The van der Waals surface area contributed by atoms with E-state index in [0.717, 1.165) is 5.56 Å². The number of esters is 1. The van der Waals surface area contributed by atoms with Crippen molar-refractivity contribution in [1.29, 1.82) is 0 Å². The molecule has 0 bridgehead atoms. The van der Waals surface area contributed by atoms with Crippen molar-refractivity contribution < 1.29 is 28.5 Å². The number of hydrogen-bond acceptors (Lipinski definition) is 6. The molecule has 1 amide bonds. The number of ether oxygens (including phenoxy) is 4. The van der Waals surface area contributed by atoms with Gasteiger partial charge in [0, 0.05) is 18.1 Å². The van der Waals surface area contributed by atoms with Crippen LogP contribution in [0.4, 0.5) is 0 Å². The van der Waals surface area contributed by atoms with Crippen molar-refractivity contribution in [2.45, 2.75) is 12.5 Å². The fraction of sp³-hybridized carbons (Fsp3) is 0.300. The molecule has 1 aliphatic rings. The maximum Gasteiger partial charge on any atom is 0.337 e. The molecular weight excluding hydrogens is 350 g/mol. The monoisotopic (exact) mass is 371 g/mol. The van der Waals surface area contributed by atoms with Gasteiger partial charge < -0.3 is 24.3 Å². The fourth-order valence-corrected chi connectivity index (χ4v) is 2.93. The van der Waals surface area contributed by atoms with Crippen LogP contribution in [0.2, 0.25) is 0 Å². The molecule has 2 aromatic rings. The Morgan fingerprint density at radius 2 is 1.74 bits per heavy atom. The quantitative estimate of drug-likeness (QED) is 0.784. The number of hydrogen-bond donors (Lipinski definition) is 1. The molecule has 0 fully saturated rings. The molecule has 0 aromatic heterocycles. The van der Waals surface area contributed by atoms with E-state index in [1.165, 1.54) is 21.3 Å². The Kier molecular flexibility index (Phi) is 5.49. The molecule has 0 aliphatic carbocycles. The zero-order valence-electron chi connectivity index (χ0n) is 15.4. The third-order valence-corrected chi connectivity index (χ3v) is 4.33. The lowest BCUT2D eigenvalue weighted by Crippen LogP contribution is -2.34. The molecule has 1 heterocycles. The maximum atomic E-state index is 12.5. The first kappa shape index (κ1) is 18.6. The summed E-state index contributed by atoms with van der Waals surface area (Å²) in [6.07, 6.45) is 0.395. The third-order valence-electron chi connectivity index (χ3n) is 4.33. The number of amides is 1. The first-order valence-corrected chi connectivity index (χ1v) is 8.43. The fourth-order valence-electron chi connectivity index (χ4n) is 2.93. The van der Waals surface area contributed by atoms with Gasteiger partial charge in [-0.1, -0.05) is 0 Å². The molecular formula is C20H21NO6. The van der Waals surface area contributed by atoms with Gasteiger partial charge in [-0.15, -0.1) is 0 Å². The summed E-state index contributed by atoms with van der Waals surface area (Å²) in [5.74, 6) is 1.16. The largest absolute Gasteiger partial charge is 0.497 e. The number of carbonyl (C=O) groups is 2. The van der Waals surface area contributed by atoms with Crippen LogP contribution in [0, 0.1) is 0 Å². The first-order valence-electron chi connectivity index (χ1n) is 8.43.